The minimum Gasteiger partial charge on any atom is -0.482 e. The molecule has 0 spiro atoms. The third-order valence-electron chi connectivity index (χ3n) is 7.19. The number of rotatable bonds is 11. The molecule has 3 aromatic rings. The molecule has 1 aliphatic rings. The molecule has 0 radical (unpaired) electrons. The number of amidine groups is 2. The van der Waals surface area contributed by atoms with E-state index >= 15 is 0 Å². The zero-order valence-corrected chi connectivity index (χ0v) is 23.1. The molecule has 41 heavy (non-hydrogen) atoms. The number of amides is 1. The number of nitrogens with zero attached hydrogens (tertiary/aromatic N) is 1. The molecule has 3 aromatic carbocycles. The van der Waals surface area contributed by atoms with Gasteiger partial charge in [0.2, 0.25) is 5.91 Å². The van der Waals surface area contributed by atoms with E-state index in [0.717, 1.165) is 37.1 Å². The van der Waals surface area contributed by atoms with Crippen LogP contribution in [0.2, 0.25) is 0 Å². The number of aliphatic carboxylic acids is 1. The number of piperidine rings is 1. The first kappa shape index (κ1) is 29.3. The maximum atomic E-state index is 12.7. The van der Waals surface area contributed by atoms with Crippen LogP contribution in [0.4, 0.5) is 5.69 Å². The summed E-state index contributed by atoms with van der Waals surface area (Å²) in [6, 6.07) is 20.5. The van der Waals surface area contributed by atoms with Gasteiger partial charge in [-0.15, -0.1) is 0 Å². The van der Waals surface area contributed by atoms with Gasteiger partial charge in [0.05, 0.1) is 12.4 Å². The number of nitrogen functional groups attached to an aromatic ring is 1. The Morgan fingerprint density at radius 3 is 2.41 bits per heavy atom. The number of ether oxygens (including phenoxy) is 1. The summed E-state index contributed by atoms with van der Waals surface area (Å²) in [4.78, 5) is 26.0. The summed E-state index contributed by atoms with van der Waals surface area (Å²) >= 11 is 0. The fourth-order valence-electron chi connectivity index (χ4n) is 5.04. The summed E-state index contributed by atoms with van der Waals surface area (Å²) in [5.74, 6) is 0.0957. The van der Waals surface area contributed by atoms with E-state index in [1.165, 1.54) is 5.56 Å². The molecule has 7 N–H and O–H groups in total. The predicted molar refractivity (Wildman–Crippen MR) is 160 cm³/mol. The molecule has 1 amide bonds. The van der Waals surface area contributed by atoms with E-state index in [-0.39, 0.29) is 24.8 Å². The molecule has 0 atom stereocenters. The lowest BCUT2D eigenvalue weighted by Gasteiger charge is -2.33. The van der Waals surface area contributed by atoms with Crippen LogP contribution in [0.5, 0.6) is 5.75 Å². The van der Waals surface area contributed by atoms with Crippen molar-refractivity contribution in [1.29, 1.82) is 10.8 Å². The molecular weight excluding hydrogens is 520 g/mol. The monoisotopic (exact) mass is 556 g/mol. The van der Waals surface area contributed by atoms with Crippen LogP contribution in [-0.4, -0.2) is 59.8 Å². The highest BCUT2D eigenvalue weighted by Gasteiger charge is 2.21. The van der Waals surface area contributed by atoms with Gasteiger partial charge in [-0.25, -0.2) is 4.79 Å². The number of carbonyl (C=O) groups is 2. The van der Waals surface area contributed by atoms with Gasteiger partial charge in [-0.1, -0.05) is 42.5 Å². The topological polar surface area (TPSA) is 165 Å². The molecule has 0 aliphatic carbocycles. The molecule has 10 nitrogen and oxygen atoms in total. The lowest BCUT2D eigenvalue weighted by Crippen LogP contribution is -2.36. The number of carboxylic acid groups (broad SMARTS) is 1. The molecule has 1 saturated heterocycles. The summed E-state index contributed by atoms with van der Waals surface area (Å²) in [7, 11) is 0. The fraction of sp³-hybridized carbons (Fsp3) is 0.290. The van der Waals surface area contributed by atoms with Crippen LogP contribution in [0.15, 0.2) is 66.7 Å². The number of hydrogen-bond acceptors (Lipinski definition) is 6. The van der Waals surface area contributed by atoms with Crippen LogP contribution in [-0.2, 0) is 16.1 Å². The molecule has 4 rings (SSSR count). The maximum Gasteiger partial charge on any atom is 0.341 e. The second kappa shape index (κ2) is 13.6. The Kier molecular flexibility index (Phi) is 9.70. The molecule has 0 bridgehead atoms. The van der Waals surface area contributed by atoms with Crippen molar-refractivity contribution in [2.75, 3.05) is 31.6 Å². The smallest absolute Gasteiger partial charge is 0.341 e. The van der Waals surface area contributed by atoms with E-state index in [4.69, 9.17) is 26.4 Å². The minimum absolute atomic E-state index is 0.0311. The highest BCUT2D eigenvalue weighted by Crippen LogP contribution is 2.32. The Balaban J connectivity index is 1.39. The Hall–Kier alpha value is -4.70. The van der Waals surface area contributed by atoms with Crippen LogP contribution < -0.4 is 21.1 Å². The van der Waals surface area contributed by atoms with Gasteiger partial charge in [0.15, 0.2) is 6.61 Å². The summed E-state index contributed by atoms with van der Waals surface area (Å²) in [5.41, 5.74) is 10.4. The van der Waals surface area contributed by atoms with Gasteiger partial charge in [0.1, 0.15) is 11.6 Å². The number of likely N-dealkylation sites (tertiary alicyclic amines) is 1. The highest BCUT2D eigenvalue weighted by molar-refractivity contribution is 5.96. The second-order valence-electron chi connectivity index (χ2n) is 10.1. The van der Waals surface area contributed by atoms with Gasteiger partial charge in [0, 0.05) is 36.4 Å². The first-order chi connectivity index (χ1) is 19.7. The number of benzene rings is 3. The maximum absolute atomic E-state index is 12.7. The Labute approximate surface area is 239 Å². The van der Waals surface area contributed by atoms with E-state index in [1.54, 1.807) is 30.3 Å². The lowest BCUT2D eigenvalue weighted by atomic mass is 9.89. The average Bonchev–Trinajstić information content (AvgIpc) is 2.97. The van der Waals surface area contributed by atoms with Crippen molar-refractivity contribution in [1.82, 2.24) is 10.2 Å². The zero-order chi connectivity index (χ0) is 29.4. The first-order valence-electron chi connectivity index (χ1n) is 13.5. The highest BCUT2D eigenvalue weighted by atomic mass is 16.5. The van der Waals surface area contributed by atoms with E-state index < -0.39 is 12.6 Å². The first-order valence-corrected chi connectivity index (χ1v) is 13.5. The third-order valence-corrected chi connectivity index (χ3v) is 7.19. The molecule has 0 aromatic heterocycles. The van der Waals surface area contributed by atoms with Crippen LogP contribution in [0.25, 0.3) is 11.1 Å². The lowest BCUT2D eigenvalue weighted by molar-refractivity contribution is -0.139. The van der Waals surface area contributed by atoms with Gasteiger partial charge < -0.3 is 31.1 Å². The van der Waals surface area contributed by atoms with Crippen molar-refractivity contribution in [3.8, 4) is 16.9 Å². The number of hydrogen-bond donors (Lipinski definition) is 6. The van der Waals surface area contributed by atoms with E-state index in [2.05, 4.69) is 27.7 Å². The van der Waals surface area contributed by atoms with Crippen molar-refractivity contribution in [2.24, 2.45) is 5.73 Å². The molecule has 1 aliphatic heterocycles. The number of carboxylic acids is 1. The van der Waals surface area contributed by atoms with Gasteiger partial charge in [-0.05, 0) is 66.6 Å². The molecule has 1 fully saturated rings. The van der Waals surface area contributed by atoms with E-state index in [1.807, 2.05) is 31.2 Å². The van der Waals surface area contributed by atoms with Gasteiger partial charge in [-0.2, -0.15) is 0 Å². The molecule has 0 saturated carbocycles. The van der Waals surface area contributed by atoms with E-state index in [9.17, 15) is 9.59 Å². The molecule has 0 unspecified atom stereocenters. The number of anilines is 1. The minimum atomic E-state index is -1.09. The number of nitrogens with two attached hydrogens (primary N) is 1. The molecule has 214 valence electrons. The standard InChI is InChI=1S/C31H36N6O4/c1-20(32)37-14-12-22(13-15-37)21-8-10-25(11-9-21)36-29(38)18-35-17-27-26(6-3-7-28(27)41-19-30(39)40)23-4-2-5-24(16-23)31(33)34/h2-11,16,22,32,35H,12-15,17-19H2,1H3,(H3,33,34)(H,36,38)(H,39,40). The van der Waals surface area contributed by atoms with Crippen LogP contribution in [0, 0.1) is 10.8 Å². The molecular formula is C31H36N6O4. The summed E-state index contributed by atoms with van der Waals surface area (Å²) < 4.78 is 5.55. The van der Waals surface area contributed by atoms with Crippen molar-refractivity contribution >= 4 is 29.2 Å². The largest absolute Gasteiger partial charge is 0.482 e. The van der Waals surface area contributed by atoms with Crippen molar-refractivity contribution in [2.45, 2.75) is 32.2 Å². The van der Waals surface area contributed by atoms with Gasteiger partial charge in [0.25, 0.3) is 0 Å². The second-order valence-corrected chi connectivity index (χ2v) is 10.1. The predicted octanol–water partition coefficient (Wildman–Crippen LogP) is 4.01. The van der Waals surface area contributed by atoms with Gasteiger partial charge in [-0.3, -0.25) is 15.6 Å². The quantitative estimate of drug-likeness (QED) is 0.153. The zero-order valence-electron chi connectivity index (χ0n) is 23.1. The number of nitrogens with one attached hydrogen (secondary N) is 4. The Morgan fingerprint density at radius 1 is 1.05 bits per heavy atom. The van der Waals surface area contributed by atoms with Crippen LogP contribution >= 0.6 is 0 Å². The van der Waals surface area contributed by atoms with E-state index in [0.29, 0.717) is 34.3 Å². The van der Waals surface area contributed by atoms with Crippen LogP contribution in [0.3, 0.4) is 0 Å². The summed E-state index contributed by atoms with van der Waals surface area (Å²) in [6.45, 7) is 3.38. The SMILES string of the molecule is CC(=N)N1CCC(c2ccc(NC(=O)CNCc3c(OCC(=O)O)cccc3-c3cccc(C(=N)N)c3)cc2)CC1. The fourth-order valence-corrected chi connectivity index (χ4v) is 5.04. The van der Waals surface area contributed by atoms with Crippen molar-refractivity contribution in [3.63, 3.8) is 0 Å². The Bertz CT molecular complexity index is 1410. The molecule has 10 heteroatoms. The third kappa shape index (κ3) is 7.92. The summed E-state index contributed by atoms with van der Waals surface area (Å²) in [6.07, 6.45) is 2.01. The number of carbonyl (C=O) groups excluding carboxylic acids is 1. The normalized spacial score (nSPS) is 13.4. The van der Waals surface area contributed by atoms with Crippen molar-refractivity contribution < 1.29 is 19.4 Å². The molecule has 1 heterocycles. The average molecular weight is 557 g/mol. The Morgan fingerprint density at radius 2 is 1.76 bits per heavy atom. The van der Waals surface area contributed by atoms with Gasteiger partial charge >= 0.3 is 5.97 Å². The van der Waals surface area contributed by atoms with Crippen molar-refractivity contribution in [3.05, 3.63) is 83.4 Å². The van der Waals surface area contributed by atoms with Crippen LogP contribution in [0.1, 0.15) is 42.4 Å². The summed E-state index contributed by atoms with van der Waals surface area (Å²) in [5, 5.41) is 30.8.